The zero-order valence-corrected chi connectivity index (χ0v) is 14.0. The number of carbonyl (C=O) groups excluding carboxylic acids is 1. The quantitative estimate of drug-likeness (QED) is 0.792. The SMILES string of the molecule is CC(C)(C)C(NC(=O)CSc1ccc(Br)cc1)C(=O)O. The number of amides is 1. The molecule has 0 saturated carbocycles. The predicted octanol–water partition coefficient (Wildman–Crippen LogP) is 3.16. The summed E-state index contributed by atoms with van der Waals surface area (Å²) in [6.07, 6.45) is 0. The molecule has 1 unspecified atom stereocenters. The number of thioether (sulfide) groups is 1. The van der Waals surface area contributed by atoms with E-state index in [-0.39, 0.29) is 11.7 Å². The molecule has 0 bridgehead atoms. The molecule has 110 valence electrons. The molecule has 1 aromatic rings. The third-order valence-electron chi connectivity index (χ3n) is 2.60. The Balaban J connectivity index is 2.54. The Morgan fingerprint density at radius 3 is 2.30 bits per heavy atom. The number of aliphatic carboxylic acids is 1. The van der Waals surface area contributed by atoms with Crippen LogP contribution < -0.4 is 5.32 Å². The molecule has 1 amide bonds. The molecule has 0 radical (unpaired) electrons. The topological polar surface area (TPSA) is 66.4 Å². The summed E-state index contributed by atoms with van der Waals surface area (Å²) in [5.74, 6) is -1.10. The number of rotatable bonds is 5. The first-order valence-electron chi connectivity index (χ1n) is 6.10. The summed E-state index contributed by atoms with van der Waals surface area (Å²) in [6.45, 7) is 5.36. The average molecular weight is 360 g/mol. The third kappa shape index (κ3) is 5.54. The number of hydrogen-bond donors (Lipinski definition) is 2. The average Bonchev–Trinajstić information content (AvgIpc) is 2.33. The maximum atomic E-state index is 11.8. The van der Waals surface area contributed by atoms with E-state index in [2.05, 4.69) is 21.2 Å². The molecule has 20 heavy (non-hydrogen) atoms. The lowest BCUT2D eigenvalue weighted by Crippen LogP contribution is -2.49. The molecular weight excluding hydrogens is 342 g/mol. The molecular formula is C14H18BrNO3S. The Labute approximate surface area is 131 Å². The van der Waals surface area contributed by atoms with Gasteiger partial charge in [0.05, 0.1) is 5.75 Å². The van der Waals surface area contributed by atoms with Crippen molar-refractivity contribution in [2.75, 3.05) is 5.75 Å². The highest BCUT2D eigenvalue weighted by atomic mass is 79.9. The van der Waals surface area contributed by atoms with E-state index in [1.165, 1.54) is 11.8 Å². The van der Waals surface area contributed by atoms with Gasteiger partial charge in [0.15, 0.2) is 0 Å². The number of carboxylic acids is 1. The summed E-state index contributed by atoms with van der Waals surface area (Å²) < 4.78 is 0.977. The first-order valence-corrected chi connectivity index (χ1v) is 7.88. The monoisotopic (exact) mass is 359 g/mol. The molecule has 2 N–H and O–H groups in total. The molecule has 0 aliphatic carbocycles. The molecule has 1 atom stereocenters. The van der Waals surface area contributed by atoms with E-state index in [1.807, 2.05) is 24.3 Å². The van der Waals surface area contributed by atoms with Crippen LogP contribution in [0.2, 0.25) is 0 Å². The van der Waals surface area contributed by atoms with Crippen LogP contribution in [0.25, 0.3) is 0 Å². The van der Waals surface area contributed by atoms with E-state index >= 15 is 0 Å². The van der Waals surface area contributed by atoms with Crippen molar-refractivity contribution in [1.82, 2.24) is 5.32 Å². The Hall–Kier alpha value is -1.01. The van der Waals surface area contributed by atoms with Crippen LogP contribution in [-0.4, -0.2) is 28.8 Å². The second-order valence-electron chi connectivity index (χ2n) is 5.45. The van der Waals surface area contributed by atoms with Gasteiger partial charge in [-0.2, -0.15) is 0 Å². The van der Waals surface area contributed by atoms with Gasteiger partial charge in [-0.3, -0.25) is 4.79 Å². The van der Waals surface area contributed by atoms with Gasteiger partial charge in [-0.15, -0.1) is 11.8 Å². The molecule has 0 heterocycles. The number of carboxylic acid groups (broad SMARTS) is 1. The van der Waals surface area contributed by atoms with Gasteiger partial charge in [0.1, 0.15) is 6.04 Å². The van der Waals surface area contributed by atoms with Crippen molar-refractivity contribution >= 4 is 39.6 Å². The molecule has 1 aromatic carbocycles. The highest BCUT2D eigenvalue weighted by Gasteiger charge is 2.32. The van der Waals surface area contributed by atoms with E-state index in [4.69, 9.17) is 5.11 Å². The van der Waals surface area contributed by atoms with E-state index in [9.17, 15) is 9.59 Å². The minimum Gasteiger partial charge on any atom is -0.480 e. The Morgan fingerprint density at radius 2 is 1.85 bits per heavy atom. The van der Waals surface area contributed by atoms with Crippen LogP contribution in [0, 0.1) is 5.41 Å². The second-order valence-corrected chi connectivity index (χ2v) is 7.41. The van der Waals surface area contributed by atoms with Crippen LogP contribution >= 0.6 is 27.7 Å². The predicted molar refractivity (Wildman–Crippen MR) is 83.9 cm³/mol. The molecule has 0 aliphatic heterocycles. The molecule has 4 nitrogen and oxygen atoms in total. The third-order valence-corrected chi connectivity index (χ3v) is 4.14. The molecule has 0 fully saturated rings. The van der Waals surface area contributed by atoms with Gasteiger partial charge in [0.2, 0.25) is 5.91 Å². The van der Waals surface area contributed by atoms with Crippen molar-refractivity contribution in [3.8, 4) is 0 Å². The lowest BCUT2D eigenvalue weighted by Gasteiger charge is -2.27. The molecule has 0 aromatic heterocycles. The number of hydrogen-bond acceptors (Lipinski definition) is 3. The van der Waals surface area contributed by atoms with Crippen molar-refractivity contribution in [2.45, 2.75) is 31.7 Å². The number of benzene rings is 1. The van der Waals surface area contributed by atoms with E-state index < -0.39 is 17.4 Å². The standard InChI is InChI=1S/C14H18BrNO3S/c1-14(2,3)12(13(18)19)16-11(17)8-20-10-6-4-9(15)5-7-10/h4-7,12H,8H2,1-3H3,(H,16,17)(H,18,19). The maximum absolute atomic E-state index is 11.8. The van der Waals surface area contributed by atoms with Crippen molar-refractivity contribution in [2.24, 2.45) is 5.41 Å². The molecule has 6 heteroatoms. The highest BCUT2D eigenvalue weighted by molar-refractivity contribution is 9.10. The summed E-state index contributed by atoms with van der Waals surface area (Å²) in [5, 5.41) is 11.7. The maximum Gasteiger partial charge on any atom is 0.326 e. The summed E-state index contributed by atoms with van der Waals surface area (Å²) in [6, 6.07) is 6.71. The van der Waals surface area contributed by atoms with Crippen molar-refractivity contribution in [3.63, 3.8) is 0 Å². The zero-order chi connectivity index (χ0) is 15.3. The smallest absolute Gasteiger partial charge is 0.326 e. The van der Waals surface area contributed by atoms with Gasteiger partial charge in [-0.25, -0.2) is 4.79 Å². The Kier molecular flexibility index (Phi) is 6.07. The first-order chi connectivity index (χ1) is 9.20. The van der Waals surface area contributed by atoms with Crippen molar-refractivity contribution in [1.29, 1.82) is 0 Å². The minimum atomic E-state index is -1.01. The molecule has 0 saturated heterocycles. The van der Waals surface area contributed by atoms with Gasteiger partial charge in [-0.05, 0) is 29.7 Å². The Morgan fingerprint density at radius 1 is 1.30 bits per heavy atom. The lowest BCUT2D eigenvalue weighted by molar-refractivity contribution is -0.144. The van der Waals surface area contributed by atoms with Crippen LogP contribution in [0.5, 0.6) is 0 Å². The zero-order valence-electron chi connectivity index (χ0n) is 11.6. The van der Waals surface area contributed by atoms with Crippen LogP contribution in [0.4, 0.5) is 0 Å². The summed E-state index contributed by atoms with van der Waals surface area (Å²) >= 11 is 4.72. The lowest BCUT2D eigenvalue weighted by atomic mass is 9.87. The van der Waals surface area contributed by atoms with Gasteiger partial charge < -0.3 is 10.4 Å². The van der Waals surface area contributed by atoms with E-state index in [0.29, 0.717) is 0 Å². The number of carbonyl (C=O) groups is 2. The summed E-state index contributed by atoms with van der Waals surface area (Å²) in [7, 11) is 0. The normalized spacial score (nSPS) is 12.8. The fourth-order valence-corrected chi connectivity index (χ4v) is 2.50. The van der Waals surface area contributed by atoms with Crippen molar-refractivity contribution in [3.05, 3.63) is 28.7 Å². The van der Waals surface area contributed by atoms with E-state index in [0.717, 1.165) is 9.37 Å². The van der Waals surface area contributed by atoms with Crippen molar-refractivity contribution < 1.29 is 14.7 Å². The number of nitrogens with one attached hydrogen (secondary N) is 1. The van der Waals surface area contributed by atoms with Gasteiger partial charge in [-0.1, -0.05) is 36.7 Å². The molecule has 1 rings (SSSR count). The van der Waals surface area contributed by atoms with Crippen LogP contribution in [0.1, 0.15) is 20.8 Å². The number of halogens is 1. The van der Waals surface area contributed by atoms with E-state index in [1.54, 1.807) is 20.8 Å². The molecule has 0 spiro atoms. The highest BCUT2D eigenvalue weighted by Crippen LogP contribution is 2.22. The fraction of sp³-hybridized carbons (Fsp3) is 0.429. The molecule has 0 aliphatic rings. The second kappa shape index (κ2) is 7.13. The first kappa shape index (κ1) is 17.0. The summed E-state index contributed by atoms with van der Waals surface area (Å²) in [5.41, 5.74) is -0.524. The van der Waals surface area contributed by atoms with Crippen LogP contribution in [0.3, 0.4) is 0 Å². The summed E-state index contributed by atoms with van der Waals surface area (Å²) in [4.78, 5) is 24.0. The fourth-order valence-electron chi connectivity index (χ4n) is 1.53. The Bertz CT molecular complexity index is 482. The van der Waals surface area contributed by atoms with Gasteiger partial charge in [0, 0.05) is 9.37 Å². The van der Waals surface area contributed by atoms with Crippen LogP contribution in [-0.2, 0) is 9.59 Å². The van der Waals surface area contributed by atoms with Gasteiger partial charge in [0.25, 0.3) is 0 Å². The largest absolute Gasteiger partial charge is 0.480 e. The van der Waals surface area contributed by atoms with Crippen LogP contribution in [0.15, 0.2) is 33.6 Å². The minimum absolute atomic E-state index is 0.196. The van der Waals surface area contributed by atoms with Gasteiger partial charge >= 0.3 is 5.97 Å².